The van der Waals surface area contributed by atoms with Gasteiger partial charge in [0.25, 0.3) is 0 Å². The number of anilines is 6. The van der Waals surface area contributed by atoms with Gasteiger partial charge in [0.15, 0.2) is 0 Å². The monoisotopic (exact) mass is 946 g/mol. The van der Waals surface area contributed by atoms with Gasteiger partial charge in [-0.05, 0) is 193 Å². The molecule has 4 fully saturated rings. The van der Waals surface area contributed by atoms with Gasteiger partial charge in [0, 0.05) is 38.9 Å². The van der Waals surface area contributed by atoms with E-state index >= 15 is 0 Å². The Morgan fingerprint density at radius 1 is 0.297 bits per heavy atom. The smallest absolute Gasteiger partial charge is 0.0540 e. The molecule has 2 nitrogen and oxygen atoms in total. The van der Waals surface area contributed by atoms with Crippen LogP contribution in [-0.4, -0.2) is 0 Å². The molecule has 12 aromatic rings. The summed E-state index contributed by atoms with van der Waals surface area (Å²) in [6.07, 6.45) is 7.02. The second-order valence-electron chi connectivity index (χ2n) is 22.0. The largest absolute Gasteiger partial charge is 0.310 e. The van der Waals surface area contributed by atoms with E-state index in [1.807, 2.05) is 0 Å². The Kier molecular flexibility index (Phi) is 9.26. The van der Waals surface area contributed by atoms with E-state index in [4.69, 9.17) is 0 Å². The highest BCUT2D eigenvalue weighted by Crippen LogP contribution is 2.69. The molecule has 0 radical (unpaired) electrons. The van der Waals surface area contributed by atoms with Crippen LogP contribution in [0.4, 0.5) is 34.1 Å². The van der Waals surface area contributed by atoms with E-state index in [0.29, 0.717) is 0 Å². The van der Waals surface area contributed by atoms with Crippen molar-refractivity contribution in [1.82, 2.24) is 0 Å². The van der Waals surface area contributed by atoms with Crippen molar-refractivity contribution in [3.05, 3.63) is 254 Å². The minimum atomic E-state index is 0.136. The first kappa shape index (κ1) is 42.1. The third-order valence-electron chi connectivity index (χ3n) is 18.4. The summed E-state index contributed by atoms with van der Waals surface area (Å²) >= 11 is 0. The van der Waals surface area contributed by atoms with Crippen LogP contribution in [0.2, 0.25) is 0 Å². The Labute approximate surface area is 433 Å². The lowest BCUT2D eigenvalue weighted by molar-refractivity contribution is -0.0399. The van der Waals surface area contributed by atoms with Crippen molar-refractivity contribution >= 4 is 77.2 Å². The normalized spacial score (nSPS) is 20.2. The molecule has 12 aromatic carbocycles. The lowest BCUT2D eigenvalue weighted by Gasteiger charge is -2.61. The second kappa shape index (κ2) is 16.3. The van der Waals surface area contributed by atoms with Gasteiger partial charge >= 0.3 is 0 Å². The summed E-state index contributed by atoms with van der Waals surface area (Å²) in [5, 5.41) is 10.1. The van der Waals surface area contributed by atoms with Gasteiger partial charge in [-0.2, -0.15) is 0 Å². The zero-order valence-corrected chi connectivity index (χ0v) is 41.3. The molecule has 0 N–H and O–H groups in total. The maximum Gasteiger partial charge on any atom is 0.0540 e. The molecule has 0 heterocycles. The van der Waals surface area contributed by atoms with Crippen LogP contribution >= 0.6 is 0 Å². The molecule has 4 bridgehead atoms. The molecule has 0 aromatic heterocycles. The fourth-order valence-electron chi connectivity index (χ4n) is 15.6. The standard InChI is InChI=1S/C72H54N2/c1-3-12-48(13-4-1)49-22-30-57(31-23-49)73(58-32-24-51(25-33-58)61-20-11-15-50-14-7-8-18-60(50)61)68-38-28-52-27-36-64-69(39-29-53-26-35-63(68)70(52)71(53)64)74(56-16-5-2-6-17-56)59-34-37-67-65(45-59)62-19-9-10-21-66(62)72(67)54-41-46-40-47(43-54)44-55(72)42-46/h1-39,45-47,54-55H,40-44H2. The maximum atomic E-state index is 2.57. The van der Waals surface area contributed by atoms with Crippen molar-refractivity contribution in [2.24, 2.45) is 23.7 Å². The average molecular weight is 947 g/mol. The molecule has 0 atom stereocenters. The van der Waals surface area contributed by atoms with Gasteiger partial charge in [-0.3, -0.25) is 0 Å². The van der Waals surface area contributed by atoms with Gasteiger partial charge in [-0.25, -0.2) is 0 Å². The minimum absolute atomic E-state index is 0.136. The van der Waals surface area contributed by atoms with Crippen molar-refractivity contribution in [2.45, 2.75) is 37.5 Å². The third kappa shape index (κ3) is 6.18. The SMILES string of the molecule is c1ccc(-c2ccc(N(c3ccc(-c4cccc5ccccc45)cc3)c3ccc4ccc5c(N(c6ccccc6)c6ccc7c(c6)-c6ccccc6C76C7CC8CC(C7)CC6C8)ccc6ccc3c4c65)cc2)cc1. The lowest BCUT2D eigenvalue weighted by atomic mass is 9.43. The van der Waals surface area contributed by atoms with Crippen LogP contribution in [0.25, 0.3) is 76.5 Å². The summed E-state index contributed by atoms with van der Waals surface area (Å²) in [6.45, 7) is 0. The Balaban J connectivity index is 0.864. The maximum absolute atomic E-state index is 2.57. The highest BCUT2D eigenvalue weighted by atomic mass is 15.1. The number of para-hydroxylation sites is 1. The Bertz CT molecular complexity index is 4100. The molecule has 0 unspecified atom stereocenters. The molecule has 5 aliphatic rings. The first-order chi connectivity index (χ1) is 36.7. The van der Waals surface area contributed by atoms with E-state index in [0.717, 1.165) is 46.4 Å². The third-order valence-corrected chi connectivity index (χ3v) is 18.4. The van der Waals surface area contributed by atoms with E-state index in [9.17, 15) is 0 Å². The van der Waals surface area contributed by atoms with Gasteiger partial charge in [0.1, 0.15) is 0 Å². The summed E-state index contributed by atoms with van der Waals surface area (Å²) in [6, 6.07) is 91.3. The highest BCUT2D eigenvalue weighted by molar-refractivity contribution is 6.28. The molecular weight excluding hydrogens is 893 g/mol. The Hall–Kier alpha value is -8.46. The van der Waals surface area contributed by atoms with Crippen molar-refractivity contribution in [3.8, 4) is 33.4 Å². The molecule has 0 amide bonds. The predicted molar refractivity (Wildman–Crippen MR) is 311 cm³/mol. The molecule has 17 rings (SSSR count). The summed E-state index contributed by atoms with van der Waals surface area (Å²) in [7, 11) is 0. The van der Waals surface area contributed by atoms with Crippen molar-refractivity contribution in [1.29, 1.82) is 0 Å². The van der Waals surface area contributed by atoms with Crippen LogP contribution in [0, 0.1) is 23.7 Å². The molecule has 74 heavy (non-hydrogen) atoms. The number of nitrogens with zero attached hydrogens (tertiary/aromatic N) is 2. The van der Waals surface area contributed by atoms with E-state index in [-0.39, 0.29) is 5.41 Å². The summed E-state index contributed by atoms with van der Waals surface area (Å²) in [4.78, 5) is 5.00. The fraction of sp³-hybridized carbons (Fsp3) is 0.139. The molecule has 0 saturated heterocycles. The van der Waals surface area contributed by atoms with Crippen LogP contribution in [0.3, 0.4) is 0 Å². The second-order valence-corrected chi connectivity index (χ2v) is 22.0. The van der Waals surface area contributed by atoms with E-state index in [2.05, 4.69) is 252 Å². The summed E-state index contributed by atoms with van der Waals surface area (Å²) < 4.78 is 0. The topological polar surface area (TPSA) is 6.48 Å². The number of hydrogen-bond donors (Lipinski definition) is 0. The number of rotatable bonds is 8. The van der Waals surface area contributed by atoms with Crippen molar-refractivity contribution < 1.29 is 0 Å². The van der Waals surface area contributed by atoms with E-state index in [1.54, 1.807) is 11.1 Å². The molecule has 5 aliphatic carbocycles. The number of hydrogen-bond acceptors (Lipinski definition) is 2. The fourth-order valence-corrected chi connectivity index (χ4v) is 15.6. The van der Waals surface area contributed by atoms with Crippen molar-refractivity contribution in [2.75, 3.05) is 9.80 Å². The van der Waals surface area contributed by atoms with Crippen LogP contribution in [-0.2, 0) is 5.41 Å². The summed E-state index contributed by atoms with van der Waals surface area (Å²) in [5.41, 5.74) is 18.0. The summed E-state index contributed by atoms with van der Waals surface area (Å²) in [5.74, 6) is 3.30. The van der Waals surface area contributed by atoms with Gasteiger partial charge in [-0.1, -0.05) is 182 Å². The Morgan fingerprint density at radius 3 is 1.46 bits per heavy atom. The quantitative estimate of drug-likeness (QED) is 0.140. The molecular formula is C72H54N2. The molecule has 352 valence electrons. The molecule has 2 heteroatoms. The van der Waals surface area contributed by atoms with Gasteiger partial charge in [0.2, 0.25) is 0 Å². The lowest BCUT2D eigenvalue weighted by Crippen LogP contribution is -2.55. The predicted octanol–water partition coefficient (Wildman–Crippen LogP) is 19.7. The van der Waals surface area contributed by atoms with Crippen LogP contribution in [0.15, 0.2) is 243 Å². The number of benzene rings is 12. The van der Waals surface area contributed by atoms with E-state index < -0.39 is 0 Å². The molecule has 0 aliphatic heterocycles. The zero-order chi connectivity index (χ0) is 48.5. The highest BCUT2D eigenvalue weighted by Gasteiger charge is 2.61. The van der Waals surface area contributed by atoms with Crippen LogP contribution in [0.5, 0.6) is 0 Å². The van der Waals surface area contributed by atoms with Gasteiger partial charge < -0.3 is 9.80 Å². The molecule has 4 saturated carbocycles. The van der Waals surface area contributed by atoms with Crippen LogP contribution < -0.4 is 9.80 Å². The Morgan fingerprint density at radius 2 is 0.784 bits per heavy atom. The average Bonchev–Trinajstić information content (AvgIpc) is 3.75. The first-order valence-electron chi connectivity index (χ1n) is 27.0. The zero-order valence-electron chi connectivity index (χ0n) is 41.3. The van der Waals surface area contributed by atoms with Crippen LogP contribution in [0.1, 0.15) is 43.2 Å². The minimum Gasteiger partial charge on any atom is -0.310 e. The van der Waals surface area contributed by atoms with Crippen molar-refractivity contribution in [3.63, 3.8) is 0 Å². The molecule has 1 spiro atoms. The van der Waals surface area contributed by atoms with E-state index in [1.165, 1.54) is 120 Å². The first-order valence-corrected chi connectivity index (χ1v) is 27.0. The number of fused-ring (bicyclic) bond motifs is 4. The van der Waals surface area contributed by atoms with Gasteiger partial charge in [0.05, 0.1) is 11.4 Å². The van der Waals surface area contributed by atoms with Gasteiger partial charge in [-0.15, -0.1) is 0 Å².